The number of hydrogen-bond donors (Lipinski definition) is 0. The third-order valence-corrected chi connectivity index (χ3v) is 3.98. The molecule has 0 radical (unpaired) electrons. The number of nitrogens with zero attached hydrogens (tertiary/aromatic N) is 2. The molecule has 0 spiro atoms. The van der Waals surface area contributed by atoms with E-state index >= 15 is 0 Å². The molecule has 21 heavy (non-hydrogen) atoms. The summed E-state index contributed by atoms with van der Waals surface area (Å²) in [5.41, 5.74) is 4.86. The van der Waals surface area contributed by atoms with Crippen LogP contribution < -0.4 is 0 Å². The molecule has 2 rings (SSSR count). The summed E-state index contributed by atoms with van der Waals surface area (Å²) < 4.78 is 1.56. The highest BCUT2D eigenvalue weighted by atomic mass is 16.2. The minimum atomic E-state index is -0.0375. The number of benzene rings is 1. The summed E-state index contributed by atoms with van der Waals surface area (Å²) in [6.45, 7) is 10.4. The van der Waals surface area contributed by atoms with E-state index in [1.165, 1.54) is 5.56 Å². The third kappa shape index (κ3) is 3.23. The van der Waals surface area contributed by atoms with Crippen LogP contribution in [0.4, 0.5) is 0 Å². The van der Waals surface area contributed by atoms with Crippen LogP contribution in [0.15, 0.2) is 24.3 Å². The molecule has 1 aromatic carbocycles. The van der Waals surface area contributed by atoms with Gasteiger partial charge in [0.15, 0.2) is 0 Å². The summed E-state index contributed by atoms with van der Waals surface area (Å²) >= 11 is 0. The van der Waals surface area contributed by atoms with Gasteiger partial charge in [-0.2, -0.15) is 5.10 Å². The second-order valence-corrected chi connectivity index (χ2v) is 6.11. The van der Waals surface area contributed by atoms with E-state index in [2.05, 4.69) is 18.9 Å². The lowest BCUT2D eigenvalue weighted by Gasteiger charge is -2.07. The Bertz CT molecular complexity index is 653. The van der Waals surface area contributed by atoms with Crippen LogP contribution in [0.3, 0.4) is 0 Å². The van der Waals surface area contributed by atoms with Crippen molar-refractivity contribution in [2.24, 2.45) is 5.92 Å². The number of carbonyl (C=O) groups is 1. The molecule has 1 heterocycles. The molecule has 2 aromatic rings. The predicted octanol–water partition coefficient (Wildman–Crippen LogP) is 4.09. The molecule has 0 saturated heterocycles. The Labute approximate surface area is 127 Å². The van der Waals surface area contributed by atoms with Crippen molar-refractivity contribution in [1.29, 1.82) is 0 Å². The molecule has 0 aliphatic rings. The first-order valence-corrected chi connectivity index (χ1v) is 7.57. The Balaban J connectivity index is 2.35. The van der Waals surface area contributed by atoms with Gasteiger partial charge in [0.05, 0.1) is 5.69 Å². The van der Waals surface area contributed by atoms with Crippen LogP contribution in [0, 0.1) is 26.7 Å². The van der Waals surface area contributed by atoms with Crippen molar-refractivity contribution in [2.45, 2.75) is 47.5 Å². The fraction of sp³-hybridized carbons (Fsp3) is 0.444. The van der Waals surface area contributed by atoms with Gasteiger partial charge >= 0.3 is 0 Å². The zero-order valence-electron chi connectivity index (χ0n) is 13.6. The number of aryl methyl sites for hydroxylation is 2. The van der Waals surface area contributed by atoms with Gasteiger partial charge < -0.3 is 0 Å². The summed E-state index contributed by atoms with van der Waals surface area (Å²) in [6, 6.07) is 7.66. The molecule has 0 unspecified atom stereocenters. The van der Waals surface area contributed by atoms with Gasteiger partial charge in [0, 0.05) is 11.3 Å². The van der Waals surface area contributed by atoms with Gasteiger partial charge in [-0.25, -0.2) is 4.68 Å². The standard InChI is InChI=1S/C18H24N2O/c1-12(2)10-11-17-14(4)19-20(15(17)5)18(21)16-9-7-6-8-13(16)3/h6-9,12H,10-11H2,1-5H3. The fourth-order valence-corrected chi connectivity index (χ4v) is 2.59. The monoisotopic (exact) mass is 284 g/mol. The summed E-state index contributed by atoms with van der Waals surface area (Å²) in [7, 11) is 0. The van der Waals surface area contributed by atoms with Gasteiger partial charge in [0.25, 0.3) is 5.91 Å². The van der Waals surface area contributed by atoms with Crippen LogP contribution >= 0.6 is 0 Å². The molecule has 3 nitrogen and oxygen atoms in total. The van der Waals surface area contributed by atoms with Crippen LogP contribution in [0.25, 0.3) is 0 Å². The molecule has 0 aliphatic carbocycles. The smallest absolute Gasteiger partial charge is 0.267 e. The van der Waals surface area contributed by atoms with E-state index in [1.807, 2.05) is 45.0 Å². The van der Waals surface area contributed by atoms with Crippen LogP contribution in [0.2, 0.25) is 0 Å². The molecule has 112 valence electrons. The second kappa shape index (κ2) is 6.25. The highest BCUT2D eigenvalue weighted by molar-refractivity contribution is 5.97. The Morgan fingerprint density at radius 2 is 1.86 bits per heavy atom. The van der Waals surface area contributed by atoms with Crippen LogP contribution in [0.5, 0.6) is 0 Å². The minimum absolute atomic E-state index is 0.0375. The summed E-state index contributed by atoms with van der Waals surface area (Å²) in [5, 5.41) is 4.47. The Morgan fingerprint density at radius 3 is 2.48 bits per heavy atom. The molecular formula is C18H24N2O. The number of rotatable bonds is 4. The molecule has 0 aliphatic heterocycles. The molecular weight excluding hydrogens is 260 g/mol. The van der Waals surface area contributed by atoms with E-state index < -0.39 is 0 Å². The summed E-state index contributed by atoms with van der Waals surface area (Å²) in [6.07, 6.45) is 2.10. The molecule has 0 amide bonds. The van der Waals surface area contributed by atoms with Crippen molar-refractivity contribution in [1.82, 2.24) is 9.78 Å². The maximum absolute atomic E-state index is 12.7. The Morgan fingerprint density at radius 1 is 1.19 bits per heavy atom. The predicted molar refractivity (Wildman–Crippen MR) is 85.8 cm³/mol. The van der Waals surface area contributed by atoms with Crippen molar-refractivity contribution < 1.29 is 4.79 Å². The highest BCUT2D eigenvalue weighted by Crippen LogP contribution is 2.19. The number of aromatic nitrogens is 2. The zero-order valence-corrected chi connectivity index (χ0v) is 13.6. The number of carbonyl (C=O) groups excluding carboxylic acids is 1. The molecule has 0 N–H and O–H groups in total. The normalized spacial score (nSPS) is 11.1. The average molecular weight is 284 g/mol. The number of hydrogen-bond acceptors (Lipinski definition) is 2. The lowest BCUT2D eigenvalue weighted by atomic mass is 10.0. The summed E-state index contributed by atoms with van der Waals surface area (Å²) in [5.74, 6) is 0.615. The van der Waals surface area contributed by atoms with E-state index in [4.69, 9.17) is 0 Å². The van der Waals surface area contributed by atoms with Gasteiger partial charge in [-0.15, -0.1) is 0 Å². The second-order valence-electron chi connectivity index (χ2n) is 6.11. The van der Waals surface area contributed by atoms with Gasteiger partial charge in [-0.05, 0) is 56.7 Å². The van der Waals surface area contributed by atoms with E-state index in [9.17, 15) is 4.79 Å². The Kier molecular flexibility index (Phi) is 4.61. The van der Waals surface area contributed by atoms with E-state index in [0.29, 0.717) is 5.92 Å². The van der Waals surface area contributed by atoms with Gasteiger partial charge in [-0.1, -0.05) is 32.0 Å². The molecule has 0 bridgehead atoms. The first kappa shape index (κ1) is 15.5. The van der Waals surface area contributed by atoms with Crippen molar-refractivity contribution in [3.63, 3.8) is 0 Å². The highest BCUT2D eigenvalue weighted by Gasteiger charge is 2.18. The average Bonchev–Trinajstić information content (AvgIpc) is 2.71. The van der Waals surface area contributed by atoms with Crippen molar-refractivity contribution in [3.8, 4) is 0 Å². The molecule has 1 aromatic heterocycles. The quantitative estimate of drug-likeness (QED) is 0.847. The molecule has 0 fully saturated rings. The van der Waals surface area contributed by atoms with Crippen LogP contribution in [-0.4, -0.2) is 15.7 Å². The van der Waals surface area contributed by atoms with E-state index in [1.54, 1.807) is 4.68 Å². The van der Waals surface area contributed by atoms with Gasteiger partial charge in [-0.3, -0.25) is 4.79 Å². The maximum Gasteiger partial charge on any atom is 0.278 e. The Hall–Kier alpha value is -1.90. The van der Waals surface area contributed by atoms with E-state index in [-0.39, 0.29) is 5.91 Å². The zero-order chi connectivity index (χ0) is 15.6. The van der Waals surface area contributed by atoms with Crippen molar-refractivity contribution in [3.05, 3.63) is 52.3 Å². The van der Waals surface area contributed by atoms with Gasteiger partial charge in [0.1, 0.15) is 0 Å². The molecule has 0 atom stereocenters. The van der Waals surface area contributed by atoms with Crippen molar-refractivity contribution in [2.75, 3.05) is 0 Å². The topological polar surface area (TPSA) is 34.9 Å². The first-order chi connectivity index (χ1) is 9.91. The van der Waals surface area contributed by atoms with Crippen LogP contribution in [0.1, 0.15) is 53.1 Å². The fourth-order valence-electron chi connectivity index (χ4n) is 2.59. The summed E-state index contributed by atoms with van der Waals surface area (Å²) in [4.78, 5) is 12.7. The maximum atomic E-state index is 12.7. The van der Waals surface area contributed by atoms with E-state index in [0.717, 1.165) is 35.4 Å². The molecule has 0 saturated carbocycles. The SMILES string of the molecule is Cc1ccccc1C(=O)n1nc(C)c(CCC(C)C)c1C. The van der Waals surface area contributed by atoms with Gasteiger partial charge in [0.2, 0.25) is 0 Å². The lowest BCUT2D eigenvalue weighted by molar-refractivity contribution is 0.0941. The first-order valence-electron chi connectivity index (χ1n) is 7.57. The minimum Gasteiger partial charge on any atom is -0.267 e. The third-order valence-electron chi connectivity index (χ3n) is 3.98. The van der Waals surface area contributed by atoms with Crippen LogP contribution in [-0.2, 0) is 6.42 Å². The molecule has 3 heteroatoms. The largest absolute Gasteiger partial charge is 0.278 e. The van der Waals surface area contributed by atoms with Crippen molar-refractivity contribution >= 4 is 5.91 Å². The lowest BCUT2D eigenvalue weighted by Crippen LogP contribution is -2.16.